The lowest BCUT2D eigenvalue weighted by Gasteiger charge is -2.36. The van der Waals surface area contributed by atoms with E-state index < -0.39 is 5.97 Å². The van der Waals surface area contributed by atoms with Gasteiger partial charge in [-0.25, -0.2) is 0 Å². The molecule has 1 heterocycles. The number of likely N-dealkylation sites (tertiary alicyclic amines) is 1. The molecule has 9 nitrogen and oxygen atoms in total. The molecule has 1 saturated heterocycles. The number of esters is 1. The summed E-state index contributed by atoms with van der Waals surface area (Å²) in [6, 6.07) is -0.414. The minimum Gasteiger partial charge on any atom is -0.468 e. The third-order valence-corrected chi connectivity index (χ3v) is 4.72. The van der Waals surface area contributed by atoms with Crippen molar-refractivity contribution in [3.63, 3.8) is 0 Å². The molecule has 0 bridgehead atoms. The van der Waals surface area contributed by atoms with Crippen LogP contribution < -0.4 is 10.6 Å². The Morgan fingerprint density at radius 2 is 2.00 bits per heavy atom. The maximum absolute atomic E-state index is 12.4. The minimum absolute atomic E-state index is 0.0493. The highest BCUT2D eigenvalue weighted by Crippen LogP contribution is 2.21. The second-order valence-electron chi connectivity index (χ2n) is 6.76. The number of hydrogen-bond donors (Lipinski definition) is 2. The zero-order valence-corrected chi connectivity index (χ0v) is 16.0. The first-order valence-corrected chi connectivity index (χ1v) is 8.83. The van der Waals surface area contributed by atoms with Gasteiger partial charge in [-0.05, 0) is 25.3 Å². The number of ether oxygens (including phenoxy) is 1. The second kappa shape index (κ2) is 10.7. The normalized spacial score (nSPS) is 18.3. The molecule has 0 unspecified atom stereocenters. The minimum atomic E-state index is -0.490. The number of hydrogen-bond acceptors (Lipinski definition) is 6. The smallest absolute Gasteiger partial charge is 0.325 e. The zero-order valence-electron chi connectivity index (χ0n) is 16.0. The fraction of sp³-hybridized carbons (Fsp3) is 0.765. The first-order valence-electron chi connectivity index (χ1n) is 8.83. The predicted molar refractivity (Wildman–Crippen MR) is 95.1 cm³/mol. The molecule has 148 valence electrons. The van der Waals surface area contributed by atoms with Crippen LogP contribution in [0.2, 0.25) is 0 Å². The first kappa shape index (κ1) is 21.9. The van der Waals surface area contributed by atoms with E-state index in [0.29, 0.717) is 19.4 Å². The van der Waals surface area contributed by atoms with Crippen LogP contribution in [0.3, 0.4) is 0 Å². The largest absolute Gasteiger partial charge is 0.468 e. The number of likely N-dealkylation sites (N-methyl/N-ethyl adjacent to an activating group) is 1. The molecule has 0 spiro atoms. The van der Waals surface area contributed by atoms with Gasteiger partial charge in [0.05, 0.1) is 19.7 Å². The number of carbonyl (C=O) groups excluding carboxylic acids is 4. The van der Waals surface area contributed by atoms with Crippen LogP contribution >= 0.6 is 0 Å². The predicted octanol–water partition coefficient (Wildman–Crippen LogP) is -1.03. The van der Waals surface area contributed by atoms with E-state index >= 15 is 0 Å². The molecule has 0 aromatic carbocycles. The lowest BCUT2D eigenvalue weighted by atomic mass is 10.0. The highest BCUT2D eigenvalue weighted by atomic mass is 16.5. The van der Waals surface area contributed by atoms with Crippen molar-refractivity contribution in [2.24, 2.45) is 5.92 Å². The average Bonchev–Trinajstić information content (AvgIpc) is 3.09. The van der Waals surface area contributed by atoms with E-state index in [1.54, 1.807) is 11.9 Å². The fourth-order valence-corrected chi connectivity index (χ4v) is 3.15. The summed E-state index contributed by atoms with van der Waals surface area (Å²) in [6.07, 6.45) is 2.09. The van der Waals surface area contributed by atoms with Gasteiger partial charge in [-0.2, -0.15) is 0 Å². The molecule has 0 aromatic rings. The molecule has 1 aliphatic rings. The Bertz CT molecular complexity index is 511. The van der Waals surface area contributed by atoms with Gasteiger partial charge in [-0.3, -0.25) is 24.1 Å². The Hall–Kier alpha value is -2.16. The summed E-state index contributed by atoms with van der Waals surface area (Å²) >= 11 is 0. The highest BCUT2D eigenvalue weighted by molar-refractivity contribution is 5.85. The highest BCUT2D eigenvalue weighted by Gasteiger charge is 2.34. The van der Waals surface area contributed by atoms with Crippen LogP contribution in [0.25, 0.3) is 0 Å². The van der Waals surface area contributed by atoms with Gasteiger partial charge in [-0.1, -0.05) is 13.8 Å². The molecule has 2 atom stereocenters. The Balaban J connectivity index is 2.71. The molecule has 3 amide bonds. The van der Waals surface area contributed by atoms with Gasteiger partial charge in [0.1, 0.15) is 6.54 Å². The van der Waals surface area contributed by atoms with Crippen molar-refractivity contribution in [2.75, 3.05) is 40.3 Å². The third kappa shape index (κ3) is 6.29. The van der Waals surface area contributed by atoms with E-state index in [2.05, 4.69) is 15.4 Å². The Kier molecular flexibility index (Phi) is 9.04. The van der Waals surface area contributed by atoms with E-state index in [1.165, 1.54) is 7.11 Å². The van der Waals surface area contributed by atoms with Gasteiger partial charge in [-0.15, -0.1) is 0 Å². The van der Waals surface area contributed by atoms with Crippen molar-refractivity contribution in [2.45, 2.75) is 38.8 Å². The van der Waals surface area contributed by atoms with Crippen LogP contribution in [0.5, 0.6) is 0 Å². The molecule has 1 aliphatic heterocycles. The van der Waals surface area contributed by atoms with Crippen LogP contribution in [0.4, 0.5) is 0 Å². The molecule has 9 heteroatoms. The van der Waals surface area contributed by atoms with E-state index in [9.17, 15) is 19.2 Å². The van der Waals surface area contributed by atoms with Crippen molar-refractivity contribution in [1.82, 2.24) is 20.4 Å². The summed E-state index contributed by atoms with van der Waals surface area (Å²) in [4.78, 5) is 49.9. The maximum atomic E-state index is 12.4. The molecule has 0 aromatic heterocycles. The summed E-state index contributed by atoms with van der Waals surface area (Å²) < 4.78 is 4.53. The van der Waals surface area contributed by atoms with Crippen molar-refractivity contribution < 1.29 is 23.9 Å². The number of carbonyl (C=O) groups is 4. The van der Waals surface area contributed by atoms with Crippen molar-refractivity contribution in [3.8, 4) is 0 Å². The topological polar surface area (TPSA) is 108 Å². The van der Waals surface area contributed by atoms with Crippen LogP contribution in [0.15, 0.2) is 0 Å². The van der Waals surface area contributed by atoms with Crippen molar-refractivity contribution in [3.05, 3.63) is 0 Å². The van der Waals surface area contributed by atoms with E-state index in [-0.39, 0.29) is 42.9 Å². The summed E-state index contributed by atoms with van der Waals surface area (Å²) in [5.41, 5.74) is 0. The number of nitrogens with one attached hydrogen (secondary N) is 2. The van der Waals surface area contributed by atoms with E-state index in [1.807, 2.05) is 18.7 Å². The van der Waals surface area contributed by atoms with Crippen molar-refractivity contribution >= 4 is 24.2 Å². The quantitative estimate of drug-likeness (QED) is 0.376. The number of rotatable bonds is 10. The SMILES string of the molecule is COC(=O)CNC(=O)[C@@H]1CCCN1C[C@H](C(C)C)N(C)C(=O)CNC=O. The third-order valence-electron chi connectivity index (χ3n) is 4.72. The van der Waals surface area contributed by atoms with Crippen molar-refractivity contribution in [1.29, 1.82) is 0 Å². The molecule has 0 saturated carbocycles. The molecular formula is C17H30N4O5. The zero-order chi connectivity index (χ0) is 19.7. The molecule has 0 radical (unpaired) electrons. The van der Waals surface area contributed by atoms with E-state index in [0.717, 1.165) is 13.0 Å². The lowest BCUT2D eigenvalue weighted by molar-refractivity contribution is -0.141. The average molecular weight is 370 g/mol. The van der Waals surface area contributed by atoms with E-state index in [4.69, 9.17) is 0 Å². The van der Waals surface area contributed by atoms with Gasteiger partial charge >= 0.3 is 5.97 Å². The van der Waals surface area contributed by atoms with Gasteiger partial charge in [0.15, 0.2) is 0 Å². The number of methoxy groups -OCH3 is 1. The van der Waals surface area contributed by atoms with Gasteiger partial charge in [0.25, 0.3) is 0 Å². The Morgan fingerprint density at radius 3 is 2.58 bits per heavy atom. The number of nitrogens with zero attached hydrogens (tertiary/aromatic N) is 2. The van der Waals surface area contributed by atoms with Gasteiger partial charge in [0, 0.05) is 19.6 Å². The first-order chi connectivity index (χ1) is 12.3. The van der Waals surface area contributed by atoms with Crippen LogP contribution in [-0.4, -0.2) is 86.4 Å². The molecular weight excluding hydrogens is 340 g/mol. The maximum Gasteiger partial charge on any atom is 0.325 e. The second-order valence-corrected chi connectivity index (χ2v) is 6.76. The summed E-state index contributed by atoms with van der Waals surface area (Å²) in [6.45, 7) is 5.15. The lowest BCUT2D eigenvalue weighted by Crippen LogP contribution is -2.53. The van der Waals surface area contributed by atoms with Gasteiger partial charge < -0.3 is 20.3 Å². The fourth-order valence-electron chi connectivity index (χ4n) is 3.15. The Morgan fingerprint density at radius 1 is 1.31 bits per heavy atom. The molecule has 1 rings (SSSR count). The van der Waals surface area contributed by atoms with Crippen LogP contribution in [0.1, 0.15) is 26.7 Å². The van der Waals surface area contributed by atoms with Crippen LogP contribution in [-0.2, 0) is 23.9 Å². The molecule has 2 N–H and O–H groups in total. The molecule has 26 heavy (non-hydrogen) atoms. The molecule has 1 fully saturated rings. The standard InChI is InChI=1S/C17H30N4O5/c1-12(2)14(20(3)15(23)8-18-11-22)10-21-7-5-6-13(21)17(25)19-9-16(24)26-4/h11-14H,5-10H2,1-4H3,(H,18,22)(H,19,25)/t13-,14+/m0/s1. The molecule has 0 aliphatic carbocycles. The van der Waals surface area contributed by atoms with Crippen LogP contribution in [0, 0.1) is 5.92 Å². The summed E-state index contributed by atoms with van der Waals surface area (Å²) in [5, 5.41) is 4.99. The summed E-state index contributed by atoms with van der Waals surface area (Å²) in [7, 11) is 2.98. The summed E-state index contributed by atoms with van der Waals surface area (Å²) in [5.74, 6) is -0.691. The number of amides is 3. The monoisotopic (exact) mass is 370 g/mol. The van der Waals surface area contributed by atoms with Gasteiger partial charge in [0.2, 0.25) is 18.2 Å². The Labute approximate surface area is 154 Å².